The highest BCUT2D eigenvalue weighted by molar-refractivity contribution is 5.84. The molecule has 0 aromatic carbocycles. The summed E-state index contributed by atoms with van der Waals surface area (Å²) in [5.41, 5.74) is 0. The van der Waals surface area contributed by atoms with E-state index in [1.807, 2.05) is 6.92 Å². The first-order valence-corrected chi connectivity index (χ1v) is 6.83. The first-order chi connectivity index (χ1) is 8.54. The Bertz CT molecular complexity index is 292. The molecule has 104 valence electrons. The molecule has 1 saturated heterocycles. The van der Waals surface area contributed by atoms with E-state index in [-0.39, 0.29) is 17.9 Å². The first kappa shape index (κ1) is 15.0. The second kappa shape index (κ2) is 7.36. The van der Waals surface area contributed by atoms with E-state index in [0.717, 1.165) is 19.5 Å². The number of rotatable bonds is 7. The Balaban J connectivity index is 2.24. The molecule has 0 aromatic rings. The summed E-state index contributed by atoms with van der Waals surface area (Å²) in [5.74, 6) is 0.623. The fourth-order valence-corrected chi connectivity index (χ4v) is 2.04. The van der Waals surface area contributed by atoms with Crippen LogP contribution in [0.2, 0.25) is 0 Å². The summed E-state index contributed by atoms with van der Waals surface area (Å²) in [7, 11) is 0. The lowest BCUT2D eigenvalue weighted by Crippen LogP contribution is -2.39. The Kier molecular flexibility index (Phi) is 6.12. The Hall–Kier alpha value is -1.10. The van der Waals surface area contributed by atoms with Gasteiger partial charge in [0.05, 0.1) is 6.04 Å². The van der Waals surface area contributed by atoms with Crippen molar-refractivity contribution in [2.24, 2.45) is 5.92 Å². The third kappa shape index (κ3) is 4.64. The molecule has 0 spiro atoms. The van der Waals surface area contributed by atoms with Crippen molar-refractivity contribution in [2.45, 2.75) is 39.7 Å². The van der Waals surface area contributed by atoms with Gasteiger partial charge in [0.25, 0.3) is 0 Å². The molecule has 0 aromatic heterocycles. The summed E-state index contributed by atoms with van der Waals surface area (Å²) in [6, 6.07) is -0.0475. The van der Waals surface area contributed by atoms with Crippen LogP contribution in [-0.2, 0) is 9.59 Å². The number of hydrogen-bond donors (Lipinski definition) is 2. The molecular weight excluding hydrogens is 230 g/mol. The van der Waals surface area contributed by atoms with Crippen molar-refractivity contribution in [3.8, 4) is 0 Å². The molecule has 1 fully saturated rings. The van der Waals surface area contributed by atoms with Gasteiger partial charge in [0.2, 0.25) is 11.8 Å². The van der Waals surface area contributed by atoms with Crippen LogP contribution in [0.3, 0.4) is 0 Å². The lowest BCUT2D eigenvalue weighted by Gasteiger charge is -2.17. The Morgan fingerprint density at radius 3 is 2.83 bits per heavy atom. The van der Waals surface area contributed by atoms with E-state index in [9.17, 15) is 9.59 Å². The SMILES string of the molecule is CCNC1CCN(CCC(=O)NCC(C)C)C1=O. The van der Waals surface area contributed by atoms with Crippen LogP contribution in [0.15, 0.2) is 0 Å². The normalized spacial score (nSPS) is 19.7. The van der Waals surface area contributed by atoms with Gasteiger partial charge in [-0.2, -0.15) is 0 Å². The zero-order chi connectivity index (χ0) is 13.5. The molecule has 0 bridgehead atoms. The van der Waals surface area contributed by atoms with Crippen LogP contribution >= 0.6 is 0 Å². The van der Waals surface area contributed by atoms with Crippen LogP contribution in [0.5, 0.6) is 0 Å². The number of likely N-dealkylation sites (tertiary alicyclic amines) is 1. The Morgan fingerprint density at radius 2 is 2.22 bits per heavy atom. The summed E-state index contributed by atoms with van der Waals surface area (Å²) in [4.78, 5) is 25.2. The van der Waals surface area contributed by atoms with Crippen LogP contribution in [0, 0.1) is 5.92 Å². The number of carbonyl (C=O) groups excluding carboxylic acids is 2. The van der Waals surface area contributed by atoms with Gasteiger partial charge in [0.15, 0.2) is 0 Å². The van der Waals surface area contributed by atoms with Crippen LogP contribution in [-0.4, -0.2) is 48.9 Å². The average Bonchev–Trinajstić information content (AvgIpc) is 2.66. The number of hydrogen-bond acceptors (Lipinski definition) is 3. The quantitative estimate of drug-likeness (QED) is 0.690. The largest absolute Gasteiger partial charge is 0.356 e. The van der Waals surface area contributed by atoms with E-state index in [0.29, 0.717) is 25.4 Å². The van der Waals surface area contributed by atoms with Crippen molar-refractivity contribution in [2.75, 3.05) is 26.2 Å². The van der Waals surface area contributed by atoms with Gasteiger partial charge in [-0.05, 0) is 18.9 Å². The fourth-order valence-electron chi connectivity index (χ4n) is 2.04. The molecule has 1 atom stereocenters. The molecule has 18 heavy (non-hydrogen) atoms. The second-order valence-corrected chi connectivity index (χ2v) is 5.17. The Morgan fingerprint density at radius 1 is 1.50 bits per heavy atom. The third-order valence-electron chi connectivity index (χ3n) is 3.06. The van der Waals surface area contributed by atoms with Gasteiger partial charge in [-0.1, -0.05) is 20.8 Å². The zero-order valence-electron chi connectivity index (χ0n) is 11.7. The predicted molar refractivity (Wildman–Crippen MR) is 71.1 cm³/mol. The fraction of sp³-hybridized carbons (Fsp3) is 0.846. The smallest absolute Gasteiger partial charge is 0.239 e. The van der Waals surface area contributed by atoms with E-state index < -0.39 is 0 Å². The van der Waals surface area contributed by atoms with E-state index in [4.69, 9.17) is 0 Å². The molecule has 0 aliphatic carbocycles. The molecule has 2 N–H and O–H groups in total. The van der Waals surface area contributed by atoms with Crippen LogP contribution < -0.4 is 10.6 Å². The van der Waals surface area contributed by atoms with E-state index in [2.05, 4.69) is 24.5 Å². The molecule has 1 rings (SSSR count). The standard InChI is InChI=1S/C13H25N3O2/c1-4-14-11-5-7-16(13(11)18)8-6-12(17)15-9-10(2)3/h10-11,14H,4-9H2,1-3H3,(H,15,17). The lowest BCUT2D eigenvalue weighted by molar-refractivity contribution is -0.130. The molecule has 1 aliphatic rings. The van der Waals surface area contributed by atoms with E-state index in [1.165, 1.54) is 0 Å². The highest BCUT2D eigenvalue weighted by Gasteiger charge is 2.30. The molecule has 5 nitrogen and oxygen atoms in total. The van der Waals surface area contributed by atoms with Crippen molar-refractivity contribution in [3.63, 3.8) is 0 Å². The van der Waals surface area contributed by atoms with E-state index in [1.54, 1.807) is 4.90 Å². The van der Waals surface area contributed by atoms with Gasteiger partial charge in [0, 0.05) is 26.1 Å². The number of carbonyl (C=O) groups is 2. The van der Waals surface area contributed by atoms with Crippen LogP contribution in [0.25, 0.3) is 0 Å². The molecule has 2 amide bonds. The molecule has 0 radical (unpaired) electrons. The maximum absolute atomic E-state index is 11.9. The highest BCUT2D eigenvalue weighted by atomic mass is 16.2. The van der Waals surface area contributed by atoms with Crippen molar-refractivity contribution in [1.82, 2.24) is 15.5 Å². The zero-order valence-corrected chi connectivity index (χ0v) is 11.7. The first-order valence-electron chi connectivity index (χ1n) is 6.83. The van der Waals surface area contributed by atoms with Crippen molar-refractivity contribution in [1.29, 1.82) is 0 Å². The predicted octanol–water partition coefficient (Wildman–Crippen LogP) is 0.359. The minimum absolute atomic E-state index is 0.0309. The maximum atomic E-state index is 11.9. The second-order valence-electron chi connectivity index (χ2n) is 5.17. The van der Waals surface area contributed by atoms with Gasteiger partial charge < -0.3 is 15.5 Å². The number of nitrogens with one attached hydrogen (secondary N) is 2. The molecule has 0 saturated carbocycles. The van der Waals surface area contributed by atoms with Gasteiger partial charge in [-0.3, -0.25) is 9.59 Å². The van der Waals surface area contributed by atoms with Crippen molar-refractivity contribution in [3.05, 3.63) is 0 Å². The minimum atomic E-state index is -0.0475. The topological polar surface area (TPSA) is 61.4 Å². The lowest BCUT2D eigenvalue weighted by atomic mass is 10.2. The molecule has 1 aliphatic heterocycles. The van der Waals surface area contributed by atoms with Gasteiger partial charge in [-0.15, -0.1) is 0 Å². The maximum Gasteiger partial charge on any atom is 0.239 e. The summed E-state index contributed by atoms with van der Waals surface area (Å²) < 4.78 is 0. The highest BCUT2D eigenvalue weighted by Crippen LogP contribution is 2.11. The van der Waals surface area contributed by atoms with Crippen LogP contribution in [0.4, 0.5) is 0 Å². The summed E-state index contributed by atoms with van der Waals surface area (Å²) in [6.45, 7) is 8.91. The third-order valence-corrected chi connectivity index (χ3v) is 3.06. The van der Waals surface area contributed by atoms with Crippen molar-refractivity contribution < 1.29 is 9.59 Å². The molecule has 5 heteroatoms. The van der Waals surface area contributed by atoms with E-state index >= 15 is 0 Å². The van der Waals surface area contributed by atoms with Crippen LogP contribution in [0.1, 0.15) is 33.6 Å². The van der Waals surface area contributed by atoms with Gasteiger partial charge in [0.1, 0.15) is 0 Å². The summed E-state index contributed by atoms with van der Waals surface area (Å²) in [5, 5.41) is 6.02. The van der Waals surface area contributed by atoms with Gasteiger partial charge >= 0.3 is 0 Å². The number of nitrogens with zero attached hydrogens (tertiary/aromatic N) is 1. The summed E-state index contributed by atoms with van der Waals surface area (Å²) in [6.07, 6.45) is 1.25. The monoisotopic (exact) mass is 255 g/mol. The van der Waals surface area contributed by atoms with Gasteiger partial charge in [-0.25, -0.2) is 0 Å². The summed E-state index contributed by atoms with van der Waals surface area (Å²) >= 11 is 0. The number of likely N-dealkylation sites (N-methyl/N-ethyl adjacent to an activating group) is 1. The average molecular weight is 255 g/mol. The molecular formula is C13H25N3O2. The Labute approximate surface area is 109 Å². The molecule has 1 unspecified atom stereocenters. The number of amides is 2. The van der Waals surface area contributed by atoms with Crippen molar-refractivity contribution >= 4 is 11.8 Å². The minimum Gasteiger partial charge on any atom is -0.356 e. The molecule has 1 heterocycles.